The van der Waals surface area contributed by atoms with Crippen LogP contribution < -0.4 is 5.32 Å². The van der Waals surface area contributed by atoms with E-state index in [0.717, 1.165) is 6.07 Å². The highest BCUT2D eigenvalue weighted by molar-refractivity contribution is 5.99. The molecule has 0 atom stereocenters. The first-order chi connectivity index (χ1) is 14.8. The Morgan fingerprint density at radius 3 is 2.39 bits per heavy atom. The van der Waals surface area contributed by atoms with Crippen LogP contribution in [-0.4, -0.2) is 39.9 Å². The van der Waals surface area contributed by atoms with E-state index in [1.54, 1.807) is 31.2 Å². The fourth-order valence-corrected chi connectivity index (χ4v) is 2.86. The van der Waals surface area contributed by atoms with Gasteiger partial charge < -0.3 is 14.7 Å². The van der Waals surface area contributed by atoms with Crippen LogP contribution in [0.2, 0.25) is 0 Å². The van der Waals surface area contributed by atoms with Crippen molar-refractivity contribution in [3.05, 3.63) is 65.2 Å². The lowest BCUT2D eigenvalue weighted by atomic mass is 10.1. The van der Waals surface area contributed by atoms with Gasteiger partial charge >= 0.3 is 0 Å². The molecule has 162 valence electrons. The SMILES string of the molecule is CCCN(CC(=O)Nc1ccc(F)c(F)c1F)C(=O)c1ccc(-c2nc(C)no2)cc1. The predicted molar refractivity (Wildman–Crippen MR) is 106 cm³/mol. The minimum atomic E-state index is -1.68. The average Bonchev–Trinajstić information content (AvgIpc) is 3.20. The van der Waals surface area contributed by atoms with Gasteiger partial charge in [-0.25, -0.2) is 13.2 Å². The second kappa shape index (κ2) is 9.41. The lowest BCUT2D eigenvalue weighted by Gasteiger charge is -2.22. The van der Waals surface area contributed by atoms with Crippen LogP contribution in [0.1, 0.15) is 29.5 Å². The summed E-state index contributed by atoms with van der Waals surface area (Å²) in [6.45, 7) is 3.38. The number of amides is 2. The van der Waals surface area contributed by atoms with E-state index in [-0.39, 0.29) is 6.54 Å². The van der Waals surface area contributed by atoms with Crippen molar-refractivity contribution >= 4 is 17.5 Å². The lowest BCUT2D eigenvalue weighted by molar-refractivity contribution is -0.116. The zero-order chi connectivity index (χ0) is 22.5. The molecule has 0 saturated carbocycles. The molecule has 0 bridgehead atoms. The van der Waals surface area contributed by atoms with Crippen LogP contribution in [0.4, 0.5) is 18.9 Å². The third kappa shape index (κ3) is 5.08. The fourth-order valence-electron chi connectivity index (χ4n) is 2.86. The van der Waals surface area contributed by atoms with Crippen LogP contribution in [0.25, 0.3) is 11.5 Å². The predicted octanol–water partition coefficient (Wildman–Crippen LogP) is 3.95. The summed E-state index contributed by atoms with van der Waals surface area (Å²) < 4.78 is 45.3. The van der Waals surface area contributed by atoms with Gasteiger partial charge in [-0.1, -0.05) is 12.1 Å². The molecular formula is C21H19F3N4O3. The Kier molecular flexibility index (Phi) is 6.68. The number of aromatic nitrogens is 2. The minimum Gasteiger partial charge on any atom is -0.334 e. The molecule has 0 fully saturated rings. The number of hydrogen-bond donors (Lipinski definition) is 1. The number of nitrogens with one attached hydrogen (secondary N) is 1. The Labute approximate surface area is 175 Å². The standard InChI is InChI=1S/C21H19F3N4O3/c1-3-10-28(11-17(29)26-16-9-8-15(22)18(23)19(16)24)21(30)14-6-4-13(5-7-14)20-25-12(2)27-31-20/h4-9H,3,10-11H2,1-2H3,(H,26,29). The number of halogens is 3. The maximum atomic E-state index is 13.8. The van der Waals surface area contributed by atoms with Crippen LogP contribution in [-0.2, 0) is 4.79 Å². The quantitative estimate of drug-likeness (QED) is 0.571. The molecule has 31 heavy (non-hydrogen) atoms. The number of aryl methyl sites for hydroxylation is 1. The molecule has 0 aliphatic rings. The summed E-state index contributed by atoms with van der Waals surface area (Å²) in [4.78, 5) is 30.5. The molecule has 3 rings (SSSR count). The molecule has 0 spiro atoms. The summed E-state index contributed by atoms with van der Waals surface area (Å²) in [5.41, 5.74) is 0.443. The zero-order valence-electron chi connectivity index (χ0n) is 16.8. The third-order valence-electron chi connectivity index (χ3n) is 4.33. The van der Waals surface area contributed by atoms with Gasteiger partial charge in [0.05, 0.1) is 5.69 Å². The van der Waals surface area contributed by atoms with Gasteiger partial charge in [0, 0.05) is 17.7 Å². The van der Waals surface area contributed by atoms with E-state index >= 15 is 0 Å². The highest BCUT2D eigenvalue weighted by atomic mass is 19.2. The van der Waals surface area contributed by atoms with Crippen molar-refractivity contribution in [3.63, 3.8) is 0 Å². The maximum Gasteiger partial charge on any atom is 0.257 e. The van der Waals surface area contributed by atoms with E-state index in [2.05, 4.69) is 15.5 Å². The number of hydrogen-bond acceptors (Lipinski definition) is 5. The van der Waals surface area contributed by atoms with E-state index in [0.29, 0.717) is 35.3 Å². The number of carbonyl (C=O) groups is 2. The summed E-state index contributed by atoms with van der Waals surface area (Å²) in [5.74, 6) is -4.93. The molecule has 3 aromatic rings. The normalized spacial score (nSPS) is 10.7. The highest BCUT2D eigenvalue weighted by Gasteiger charge is 2.21. The summed E-state index contributed by atoms with van der Waals surface area (Å²) in [5, 5.41) is 5.87. The second-order valence-corrected chi connectivity index (χ2v) is 6.72. The van der Waals surface area contributed by atoms with Crippen LogP contribution in [0.3, 0.4) is 0 Å². The third-order valence-corrected chi connectivity index (χ3v) is 4.33. The van der Waals surface area contributed by atoms with Crippen molar-refractivity contribution < 1.29 is 27.3 Å². The first-order valence-electron chi connectivity index (χ1n) is 9.43. The summed E-state index contributed by atoms with van der Waals surface area (Å²) in [6, 6.07) is 8.02. The highest BCUT2D eigenvalue weighted by Crippen LogP contribution is 2.20. The maximum absolute atomic E-state index is 13.8. The Balaban J connectivity index is 1.71. The molecule has 7 nitrogen and oxygen atoms in total. The topological polar surface area (TPSA) is 88.3 Å². The van der Waals surface area contributed by atoms with Crippen molar-refractivity contribution in [2.24, 2.45) is 0 Å². The largest absolute Gasteiger partial charge is 0.334 e. The smallest absolute Gasteiger partial charge is 0.257 e. The Bertz CT molecular complexity index is 1100. The average molecular weight is 432 g/mol. The van der Waals surface area contributed by atoms with Gasteiger partial charge in [0.2, 0.25) is 5.91 Å². The van der Waals surface area contributed by atoms with Gasteiger partial charge in [-0.3, -0.25) is 9.59 Å². The molecule has 10 heteroatoms. The Hall–Kier alpha value is -3.69. The van der Waals surface area contributed by atoms with E-state index in [9.17, 15) is 22.8 Å². The number of nitrogens with zero attached hydrogens (tertiary/aromatic N) is 3. The number of anilines is 1. The summed E-state index contributed by atoms with van der Waals surface area (Å²) in [7, 11) is 0. The van der Waals surface area contributed by atoms with E-state index in [1.165, 1.54) is 4.90 Å². The van der Waals surface area contributed by atoms with Crippen molar-refractivity contribution in [3.8, 4) is 11.5 Å². The van der Waals surface area contributed by atoms with Gasteiger partial charge in [0.25, 0.3) is 11.8 Å². The lowest BCUT2D eigenvalue weighted by Crippen LogP contribution is -2.38. The van der Waals surface area contributed by atoms with Crippen molar-refractivity contribution in [1.82, 2.24) is 15.0 Å². The molecule has 0 radical (unpaired) electrons. The summed E-state index contributed by atoms with van der Waals surface area (Å²) in [6.07, 6.45) is 0.567. The Morgan fingerprint density at radius 1 is 1.06 bits per heavy atom. The zero-order valence-corrected chi connectivity index (χ0v) is 16.8. The molecule has 1 aromatic heterocycles. The van der Waals surface area contributed by atoms with Gasteiger partial charge in [-0.15, -0.1) is 0 Å². The Morgan fingerprint density at radius 2 is 1.77 bits per heavy atom. The molecule has 0 unspecified atom stereocenters. The van der Waals surface area contributed by atoms with Crippen molar-refractivity contribution in [2.45, 2.75) is 20.3 Å². The first kappa shape index (κ1) is 22.0. The van der Waals surface area contributed by atoms with Gasteiger partial charge in [0.1, 0.15) is 6.54 Å². The molecule has 1 N–H and O–H groups in total. The molecular weight excluding hydrogens is 413 g/mol. The molecule has 0 aliphatic heterocycles. The monoisotopic (exact) mass is 432 g/mol. The van der Waals surface area contributed by atoms with Crippen molar-refractivity contribution in [2.75, 3.05) is 18.4 Å². The van der Waals surface area contributed by atoms with Crippen LogP contribution in [0.5, 0.6) is 0 Å². The van der Waals surface area contributed by atoms with E-state index in [1.807, 2.05) is 6.92 Å². The summed E-state index contributed by atoms with van der Waals surface area (Å²) >= 11 is 0. The van der Waals surface area contributed by atoms with Crippen molar-refractivity contribution in [1.29, 1.82) is 0 Å². The second-order valence-electron chi connectivity index (χ2n) is 6.72. The van der Waals surface area contributed by atoms with Gasteiger partial charge in [0.15, 0.2) is 23.3 Å². The van der Waals surface area contributed by atoms with Crippen LogP contribution in [0.15, 0.2) is 40.9 Å². The van der Waals surface area contributed by atoms with Crippen LogP contribution in [0, 0.1) is 24.4 Å². The molecule has 0 saturated heterocycles. The van der Waals surface area contributed by atoms with Gasteiger partial charge in [-0.05, 0) is 49.7 Å². The first-order valence-corrected chi connectivity index (χ1v) is 9.43. The molecule has 2 aromatic carbocycles. The molecule has 1 heterocycles. The van der Waals surface area contributed by atoms with E-state index in [4.69, 9.17) is 4.52 Å². The minimum absolute atomic E-state index is 0.261. The number of carbonyl (C=O) groups excluding carboxylic acids is 2. The van der Waals surface area contributed by atoms with Crippen LogP contribution >= 0.6 is 0 Å². The number of rotatable bonds is 7. The molecule has 2 amide bonds. The van der Waals surface area contributed by atoms with Gasteiger partial charge in [-0.2, -0.15) is 4.98 Å². The molecule has 0 aliphatic carbocycles. The fraction of sp³-hybridized carbons (Fsp3) is 0.238. The van der Waals surface area contributed by atoms with E-state index < -0.39 is 41.5 Å². The number of benzene rings is 2.